The molecule has 2 rings (SSSR count). The number of nitrogens with two attached hydrogens (primary N) is 1. The standard InChI is InChI=1S/C19H23NO2/c1-3-18(20)12-14-8-10-15(11-9-14)16-6-5-7-17(13-16)19(21)22-4-2/h5-11,13,18H,3-4,12,20H2,1-2H3. The highest BCUT2D eigenvalue weighted by atomic mass is 16.5. The number of carbonyl (C=O) groups excluding carboxylic acids is 1. The third kappa shape index (κ3) is 4.18. The van der Waals surface area contributed by atoms with Crippen LogP contribution in [0.15, 0.2) is 48.5 Å². The average Bonchev–Trinajstić information content (AvgIpc) is 2.56. The summed E-state index contributed by atoms with van der Waals surface area (Å²) in [4.78, 5) is 11.8. The maximum atomic E-state index is 11.8. The zero-order chi connectivity index (χ0) is 15.9. The van der Waals surface area contributed by atoms with Gasteiger partial charge in [0.1, 0.15) is 0 Å². The molecule has 2 aromatic carbocycles. The van der Waals surface area contributed by atoms with Crippen LogP contribution in [0.2, 0.25) is 0 Å². The molecule has 0 saturated carbocycles. The van der Waals surface area contributed by atoms with Gasteiger partial charge >= 0.3 is 5.97 Å². The highest BCUT2D eigenvalue weighted by Crippen LogP contribution is 2.22. The molecule has 0 aliphatic heterocycles. The minimum absolute atomic E-state index is 0.206. The molecule has 0 radical (unpaired) electrons. The minimum Gasteiger partial charge on any atom is -0.462 e. The molecule has 0 aliphatic rings. The first-order valence-corrected chi connectivity index (χ1v) is 7.76. The summed E-state index contributed by atoms with van der Waals surface area (Å²) in [6, 6.07) is 16.1. The summed E-state index contributed by atoms with van der Waals surface area (Å²) in [7, 11) is 0. The van der Waals surface area contributed by atoms with E-state index in [1.54, 1.807) is 6.07 Å². The molecule has 3 nitrogen and oxygen atoms in total. The highest BCUT2D eigenvalue weighted by Gasteiger charge is 2.08. The number of hydrogen-bond donors (Lipinski definition) is 1. The molecule has 0 aliphatic carbocycles. The Morgan fingerprint density at radius 2 is 1.82 bits per heavy atom. The van der Waals surface area contributed by atoms with Crippen LogP contribution < -0.4 is 5.73 Å². The van der Waals surface area contributed by atoms with E-state index in [1.807, 2.05) is 25.1 Å². The van der Waals surface area contributed by atoms with Crippen LogP contribution in [0.25, 0.3) is 11.1 Å². The van der Waals surface area contributed by atoms with Gasteiger partial charge in [0.25, 0.3) is 0 Å². The largest absolute Gasteiger partial charge is 0.462 e. The Morgan fingerprint density at radius 1 is 1.09 bits per heavy atom. The molecule has 0 aromatic heterocycles. The Hall–Kier alpha value is -2.13. The Kier molecular flexibility index (Phi) is 5.73. The van der Waals surface area contributed by atoms with Gasteiger partial charge in [0.05, 0.1) is 12.2 Å². The van der Waals surface area contributed by atoms with Gasteiger partial charge in [-0.1, -0.05) is 43.3 Å². The Morgan fingerprint density at radius 3 is 2.45 bits per heavy atom. The van der Waals surface area contributed by atoms with Crippen LogP contribution in [-0.4, -0.2) is 18.6 Å². The Balaban J connectivity index is 2.18. The van der Waals surface area contributed by atoms with E-state index in [0.717, 1.165) is 24.0 Å². The van der Waals surface area contributed by atoms with Gasteiger partial charge in [-0.3, -0.25) is 0 Å². The first kappa shape index (κ1) is 16.2. The van der Waals surface area contributed by atoms with Crippen molar-refractivity contribution < 1.29 is 9.53 Å². The Labute approximate surface area is 132 Å². The lowest BCUT2D eigenvalue weighted by Crippen LogP contribution is -2.21. The van der Waals surface area contributed by atoms with E-state index in [9.17, 15) is 4.79 Å². The fraction of sp³-hybridized carbons (Fsp3) is 0.316. The van der Waals surface area contributed by atoms with Crippen molar-refractivity contribution >= 4 is 5.97 Å². The smallest absolute Gasteiger partial charge is 0.338 e. The molecule has 0 heterocycles. The van der Waals surface area contributed by atoms with Crippen molar-refractivity contribution in [3.8, 4) is 11.1 Å². The lowest BCUT2D eigenvalue weighted by atomic mass is 9.99. The van der Waals surface area contributed by atoms with Gasteiger partial charge in [-0.05, 0) is 48.6 Å². The maximum Gasteiger partial charge on any atom is 0.338 e. The van der Waals surface area contributed by atoms with Gasteiger partial charge in [-0.25, -0.2) is 4.79 Å². The molecule has 1 atom stereocenters. The predicted octanol–water partition coefficient (Wildman–Crippen LogP) is 3.81. The summed E-state index contributed by atoms with van der Waals surface area (Å²) >= 11 is 0. The van der Waals surface area contributed by atoms with Crippen LogP contribution in [-0.2, 0) is 11.2 Å². The first-order valence-electron chi connectivity index (χ1n) is 7.76. The van der Waals surface area contributed by atoms with Crippen molar-refractivity contribution in [2.45, 2.75) is 32.7 Å². The normalized spacial score (nSPS) is 12.0. The second-order valence-corrected chi connectivity index (χ2v) is 5.37. The van der Waals surface area contributed by atoms with Crippen molar-refractivity contribution in [2.75, 3.05) is 6.61 Å². The molecule has 1 unspecified atom stereocenters. The summed E-state index contributed by atoms with van der Waals surface area (Å²) in [5.74, 6) is -0.283. The molecule has 2 aromatic rings. The zero-order valence-corrected chi connectivity index (χ0v) is 13.2. The number of esters is 1. The molecule has 0 bridgehead atoms. The summed E-state index contributed by atoms with van der Waals surface area (Å²) < 4.78 is 5.04. The third-order valence-electron chi connectivity index (χ3n) is 3.68. The highest BCUT2D eigenvalue weighted by molar-refractivity contribution is 5.91. The lowest BCUT2D eigenvalue weighted by molar-refractivity contribution is 0.0526. The van der Waals surface area contributed by atoms with Gasteiger partial charge in [-0.15, -0.1) is 0 Å². The van der Waals surface area contributed by atoms with Crippen LogP contribution in [0.3, 0.4) is 0 Å². The predicted molar refractivity (Wildman–Crippen MR) is 89.8 cm³/mol. The van der Waals surface area contributed by atoms with E-state index in [0.29, 0.717) is 12.2 Å². The van der Waals surface area contributed by atoms with Gasteiger partial charge < -0.3 is 10.5 Å². The van der Waals surface area contributed by atoms with Gasteiger partial charge in [0, 0.05) is 6.04 Å². The van der Waals surface area contributed by atoms with E-state index in [4.69, 9.17) is 10.5 Å². The third-order valence-corrected chi connectivity index (χ3v) is 3.68. The van der Waals surface area contributed by atoms with E-state index in [1.165, 1.54) is 5.56 Å². The van der Waals surface area contributed by atoms with E-state index in [2.05, 4.69) is 31.2 Å². The van der Waals surface area contributed by atoms with Crippen LogP contribution in [0.4, 0.5) is 0 Å². The van der Waals surface area contributed by atoms with Crippen LogP contribution in [0.5, 0.6) is 0 Å². The second-order valence-electron chi connectivity index (χ2n) is 5.37. The van der Waals surface area contributed by atoms with Crippen molar-refractivity contribution in [1.29, 1.82) is 0 Å². The topological polar surface area (TPSA) is 52.3 Å². The van der Waals surface area contributed by atoms with Gasteiger partial charge in [-0.2, -0.15) is 0 Å². The summed E-state index contributed by atoms with van der Waals surface area (Å²) in [5, 5.41) is 0. The summed E-state index contributed by atoms with van der Waals surface area (Å²) in [5.41, 5.74) is 9.89. The Bertz CT molecular complexity index is 620. The number of rotatable bonds is 6. The molecular formula is C19H23NO2. The maximum absolute atomic E-state index is 11.8. The van der Waals surface area contributed by atoms with Gasteiger partial charge in [0.2, 0.25) is 0 Å². The zero-order valence-electron chi connectivity index (χ0n) is 13.2. The molecule has 3 heteroatoms. The molecule has 22 heavy (non-hydrogen) atoms. The van der Waals surface area contributed by atoms with Crippen molar-refractivity contribution in [1.82, 2.24) is 0 Å². The van der Waals surface area contributed by atoms with Crippen LogP contribution in [0, 0.1) is 0 Å². The first-order chi connectivity index (χ1) is 10.6. The van der Waals surface area contributed by atoms with Crippen molar-refractivity contribution in [3.05, 3.63) is 59.7 Å². The lowest BCUT2D eigenvalue weighted by Gasteiger charge is -2.10. The van der Waals surface area contributed by atoms with E-state index in [-0.39, 0.29) is 12.0 Å². The molecule has 116 valence electrons. The fourth-order valence-corrected chi connectivity index (χ4v) is 2.32. The monoisotopic (exact) mass is 297 g/mol. The quantitative estimate of drug-likeness (QED) is 0.825. The molecule has 0 saturated heterocycles. The number of benzene rings is 2. The van der Waals surface area contributed by atoms with E-state index >= 15 is 0 Å². The number of ether oxygens (including phenoxy) is 1. The van der Waals surface area contributed by atoms with Crippen molar-refractivity contribution in [2.24, 2.45) is 5.73 Å². The van der Waals surface area contributed by atoms with Gasteiger partial charge in [0.15, 0.2) is 0 Å². The van der Waals surface area contributed by atoms with Crippen LogP contribution in [0.1, 0.15) is 36.2 Å². The van der Waals surface area contributed by atoms with E-state index < -0.39 is 0 Å². The van der Waals surface area contributed by atoms with Crippen molar-refractivity contribution in [3.63, 3.8) is 0 Å². The molecule has 0 fully saturated rings. The summed E-state index contributed by atoms with van der Waals surface area (Å²) in [6.07, 6.45) is 1.86. The molecular weight excluding hydrogens is 274 g/mol. The molecule has 0 amide bonds. The number of carbonyl (C=O) groups is 1. The second kappa shape index (κ2) is 7.76. The number of hydrogen-bond acceptors (Lipinski definition) is 3. The molecule has 2 N–H and O–H groups in total. The average molecular weight is 297 g/mol. The minimum atomic E-state index is -0.283. The molecule has 0 spiro atoms. The SMILES string of the molecule is CCOC(=O)c1cccc(-c2ccc(CC(N)CC)cc2)c1. The van der Waals surface area contributed by atoms with Crippen LogP contribution >= 0.6 is 0 Å². The fourth-order valence-electron chi connectivity index (χ4n) is 2.32. The summed E-state index contributed by atoms with van der Waals surface area (Å²) in [6.45, 7) is 4.29.